The molecule has 1 atom stereocenters. The maximum absolute atomic E-state index is 12.5. The van der Waals surface area contributed by atoms with Gasteiger partial charge in [-0.25, -0.2) is 4.79 Å². The van der Waals surface area contributed by atoms with Gasteiger partial charge in [-0.15, -0.1) is 0 Å². The van der Waals surface area contributed by atoms with Crippen LogP contribution < -0.4 is 24.4 Å². The van der Waals surface area contributed by atoms with Crippen LogP contribution in [0.1, 0.15) is 10.4 Å². The summed E-state index contributed by atoms with van der Waals surface area (Å²) >= 11 is 5.96. The van der Waals surface area contributed by atoms with Crippen molar-refractivity contribution in [2.24, 2.45) is 0 Å². The summed E-state index contributed by atoms with van der Waals surface area (Å²) in [4.78, 5) is 26.2. The van der Waals surface area contributed by atoms with Crippen LogP contribution in [0, 0.1) is 0 Å². The molecule has 0 saturated carbocycles. The Bertz CT molecular complexity index is 935. The summed E-state index contributed by atoms with van der Waals surface area (Å²) in [6.07, 6.45) is -0.981. The Morgan fingerprint density at radius 1 is 1.25 bits per heavy atom. The lowest BCUT2D eigenvalue weighted by molar-refractivity contribution is 0.0913. The van der Waals surface area contributed by atoms with Crippen LogP contribution in [-0.2, 0) is 4.74 Å². The Morgan fingerprint density at radius 2 is 2.07 bits per heavy atom. The molecule has 1 fully saturated rings. The molecule has 1 saturated heterocycles. The average Bonchev–Trinajstić information content (AvgIpc) is 3.31. The second kappa shape index (κ2) is 7.47. The molecule has 1 N–H and O–H groups in total. The predicted octanol–water partition coefficient (Wildman–Crippen LogP) is 2.83. The molecule has 0 aromatic heterocycles. The van der Waals surface area contributed by atoms with Gasteiger partial charge in [-0.1, -0.05) is 11.6 Å². The van der Waals surface area contributed by atoms with E-state index in [1.54, 1.807) is 30.3 Å². The quantitative estimate of drug-likeness (QED) is 0.824. The van der Waals surface area contributed by atoms with E-state index in [0.717, 1.165) is 0 Å². The molecule has 0 bridgehead atoms. The summed E-state index contributed by atoms with van der Waals surface area (Å²) < 4.78 is 21.2. The number of anilines is 1. The van der Waals surface area contributed by atoms with E-state index in [9.17, 15) is 9.59 Å². The van der Waals surface area contributed by atoms with Gasteiger partial charge >= 0.3 is 6.09 Å². The second-order valence-electron chi connectivity index (χ2n) is 6.21. The van der Waals surface area contributed by atoms with E-state index in [4.69, 9.17) is 30.5 Å². The van der Waals surface area contributed by atoms with E-state index in [1.807, 2.05) is 0 Å². The molecule has 8 nitrogen and oxygen atoms in total. The molecule has 0 radical (unpaired) electrons. The van der Waals surface area contributed by atoms with Gasteiger partial charge < -0.3 is 24.3 Å². The third-order valence-electron chi connectivity index (χ3n) is 4.44. The maximum Gasteiger partial charge on any atom is 0.414 e. The average molecular weight is 405 g/mol. The van der Waals surface area contributed by atoms with Gasteiger partial charge in [-0.05, 0) is 30.3 Å². The number of amides is 2. The summed E-state index contributed by atoms with van der Waals surface area (Å²) in [5.41, 5.74) is 0.950. The lowest BCUT2D eigenvalue weighted by atomic mass is 10.2. The number of nitrogens with zero attached hydrogens (tertiary/aromatic N) is 1. The lowest BCUT2D eigenvalue weighted by Crippen LogP contribution is -2.34. The zero-order chi connectivity index (χ0) is 19.7. The summed E-state index contributed by atoms with van der Waals surface area (Å²) in [6.45, 7) is 0.609. The molecule has 0 aliphatic carbocycles. The number of halogens is 1. The normalized spacial score (nSPS) is 17.4. The molecule has 2 aromatic carbocycles. The molecule has 2 amide bonds. The topological polar surface area (TPSA) is 86.3 Å². The Balaban J connectivity index is 1.40. The minimum Gasteiger partial charge on any atom is -0.496 e. The summed E-state index contributed by atoms with van der Waals surface area (Å²) in [5, 5.41) is 3.17. The van der Waals surface area contributed by atoms with Gasteiger partial charge in [0, 0.05) is 11.1 Å². The smallest absolute Gasteiger partial charge is 0.414 e. The van der Waals surface area contributed by atoms with Crippen molar-refractivity contribution in [3.8, 4) is 17.2 Å². The van der Waals surface area contributed by atoms with Gasteiger partial charge in [0.05, 0.1) is 31.5 Å². The van der Waals surface area contributed by atoms with Crippen LogP contribution in [0.3, 0.4) is 0 Å². The van der Waals surface area contributed by atoms with Crippen molar-refractivity contribution in [2.75, 3.05) is 31.9 Å². The number of hydrogen-bond donors (Lipinski definition) is 1. The van der Waals surface area contributed by atoms with Crippen LogP contribution in [0.2, 0.25) is 5.02 Å². The Labute approximate surface area is 165 Å². The number of rotatable bonds is 5. The van der Waals surface area contributed by atoms with Crippen molar-refractivity contribution >= 4 is 29.3 Å². The predicted molar refractivity (Wildman–Crippen MR) is 101 cm³/mol. The minimum absolute atomic E-state index is 0.154. The number of carbonyl (C=O) groups excluding carboxylic acids is 2. The number of ether oxygens (including phenoxy) is 4. The van der Waals surface area contributed by atoms with E-state index in [-0.39, 0.29) is 19.2 Å². The number of methoxy groups -OCH3 is 1. The van der Waals surface area contributed by atoms with Gasteiger partial charge in [0.1, 0.15) is 11.9 Å². The Morgan fingerprint density at radius 3 is 2.89 bits per heavy atom. The number of fused-ring (bicyclic) bond motifs is 1. The Kier molecular flexibility index (Phi) is 4.87. The van der Waals surface area contributed by atoms with Crippen molar-refractivity contribution in [2.45, 2.75) is 6.10 Å². The third-order valence-corrected chi connectivity index (χ3v) is 4.67. The first-order valence-corrected chi connectivity index (χ1v) is 8.92. The highest BCUT2D eigenvalue weighted by Crippen LogP contribution is 2.36. The van der Waals surface area contributed by atoms with E-state index in [1.165, 1.54) is 18.1 Å². The van der Waals surface area contributed by atoms with Crippen molar-refractivity contribution < 1.29 is 28.5 Å². The van der Waals surface area contributed by atoms with Crippen LogP contribution in [0.15, 0.2) is 36.4 Å². The van der Waals surface area contributed by atoms with Crippen molar-refractivity contribution in [3.05, 3.63) is 47.0 Å². The van der Waals surface area contributed by atoms with E-state index in [0.29, 0.717) is 40.1 Å². The highest BCUT2D eigenvalue weighted by molar-refractivity contribution is 6.31. The van der Waals surface area contributed by atoms with E-state index >= 15 is 0 Å². The monoisotopic (exact) mass is 404 g/mol. The van der Waals surface area contributed by atoms with Crippen LogP contribution in [0.5, 0.6) is 17.2 Å². The molecule has 28 heavy (non-hydrogen) atoms. The SMILES string of the molecule is COc1ccc(Cl)cc1C(=O)NC[C@@H]1CN(c2ccc3c(c2)OCO3)C(=O)O1. The summed E-state index contributed by atoms with van der Waals surface area (Å²) in [7, 11) is 1.47. The lowest BCUT2D eigenvalue weighted by Gasteiger charge is -2.14. The number of carbonyl (C=O) groups is 2. The number of nitrogens with one attached hydrogen (secondary N) is 1. The molecule has 9 heteroatoms. The van der Waals surface area contributed by atoms with Gasteiger partial charge in [0.15, 0.2) is 11.5 Å². The highest BCUT2D eigenvalue weighted by atomic mass is 35.5. The fourth-order valence-electron chi connectivity index (χ4n) is 3.05. The molecule has 0 unspecified atom stereocenters. The molecule has 0 spiro atoms. The van der Waals surface area contributed by atoms with Crippen LogP contribution in [0.4, 0.5) is 10.5 Å². The molecule has 146 valence electrons. The second-order valence-corrected chi connectivity index (χ2v) is 6.65. The van der Waals surface area contributed by atoms with Crippen LogP contribution >= 0.6 is 11.6 Å². The Hall–Kier alpha value is -3.13. The largest absolute Gasteiger partial charge is 0.496 e. The van der Waals surface area contributed by atoms with Gasteiger partial charge in [0.25, 0.3) is 5.91 Å². The first kappa shape index (κ1) is 18.2. The standard InChI is InChI=1S/C19H17ClN2O6/c1-25-15-4-2-11(20)6-14(15)18(23)21-8-13-9-22(19(24)28-13)12-3-5-16-17(7-12)27-10-26-16/h2-7,13H,8-10H2,1H3,(H,21,23)/t13-/m1/s1. The fourth-order valence-corrected chi connectivity index (χ4v) is 3.22. The van der Waals surface area contributed by atoms with Gasteiger partial charge in [-0.2, -0.15) is 0 Å². The van der Waals surface area contributed by atoms with Crippen molar-refractivity contribution in [1.82, 2.24) is 5.32 Å². The van der Waals surface area contributed by atoms with E-state index in [2.05, 4.69) is 5.32 Å². The van der Waals surface area contributed by atoms with Crippen molar-refractivity contribution in [1.29, 1.82) is 0 Å². The van der Waals surface area contributed by atoms with Crippen LogP contribution in [0.25, 0.3) is 0 Å². The number of hydrogen-bond acceptors (Lipinski definition) is 6. The molecular weight excluding hydrogens is 388 g/mol. The molecular formula is C19H17ClN2O6. The number of benzene rings is 2. The molecule has 2 aliphatic rings. The van der Waals surface area contributed by atoms with Gasteiger partial charge in [-0.3, -0.25) is 9.69 Å². The molecule has 2 aliphatic heterocycles. The summed E-state index contributed by atoms with van der Waals surface area (Å²) in [6, 6.07) is 10.0. The molecule has 4 rings (SSSR count). The first-order chi connectivity index (χ1) is 13.5. The molecule has 2 heterocycles. The summed E-state index contributed by atoms with van der Waals surface area (Å²) in [5.74, 6) is 1.26. The van der Waals surface area contributed by atoms with E-state index < -0.39 is 12.2 Å². The zero-order valence-corrected chi connectivity index (χ0v) is 15.7. The minimum atomic E-state index is -0.493. The third kappa shape index (κ3) is 3.50. The van der Waals surface area contributed by atoms with Crippen LogP contribution in [-0.4, -0.2) is 45.1 Å². The van der Waals surface area contributed by atoms with Gasteiger partial charge in [0.2, 0.25) is 6.79 Å². The first-order valence-electron chi connectivity index (χ1n) is 8.54. The van der Waals surface area contributed by atoms with Crippen molar-refractivity contribution in [3.63, 3.8) is 0 Å². The zero-order valence-electron chi connectivity index (χ0n) is 14.9. The highest BCUT2D eigenvalue weighted by Gasteiger charge is 2.33. The number of cyclic esters (lactones) is 1. The maximum atomic E-state index is 12.5. The fraction of sp³-hybridized carbons (Fsp3) is 0.263. The molecule has 2 aromatic rings.